The first-order chi connectivity index (χ1) is 9.30. The Morgan fingerprint density at radius 1 is 1.29 bits per heavy atom. The lowest BCUT2D eigenvalue weighted by molar-refractivity contribution is -0.137. The molecule has 13 heteroatoms. The van der Waals surface area contributed by atoms with Crippen LogP contribution in [0, 0.1) is 0 Å². The highest BCUT2D eigenvalue weighted by Gasteiger charge is 2.31. The van der Waals surface area contributed by atoms with Crippen LogP contribution in [0.3, 0.4) is 0 Å². The maximum atomic E-state index is 12.4. The predicted octanol–water partition coefficient (Wildman–Crippen LogP) is 1.00. The first-order valence-corrected chi connectivity index (χ1v) is 9.05. The number of sulfonamides is 1. The van der Waals surface area contributed by atoms with E-state index in [4.69, 9.17) is 11.6 Å². The van der Waals surface area contributed by atoms with Crippen molar-refractivity contribution >= 4 is 37.3 Å². The van der Waals surface area contributed by atoms with Gasteiger partial charge < -0.3 is 0 Å². The number of hydrogen-bond donors (Lipinski definition) is 2. The van der Waals surface area contributed by atoms with Gasteiger partial charge in [0.2, 0.25) is 10.0 Å². The molecule has 0 saturated heterocycles. The van der Waals surface area contributed by atoms with Crippen molar-refractivity contribution in [1.82, 2.24) is 9.82 Å². The number of nitrogens with zero attached hydrogens (tertiary/aromatic N) is 1. The van der Waals surface area contributed by atoms with Gasteiger partial charge in [-0.05, 0) is 6.07 Å². The van der Waals surface area contributed by atoms with Crippen molar-refractivity contribution in [2.75, 3.05) is 16.8 Å². The first kappa shape index (κ1) is 17.9. The monoisotopic (exact) mass is 367 g/mol. The van der Waals surface area contributed by atoms with Gasteiger partial charge >= 0.3 is 6.18 Å². The van der Waals surface area contributed by atoms with Crippen LogP contribution in [-0.2, 0) is 26.0 Å². The summed E-state index contributed by atoms with van der Waals surface area (Å²) in [6.07, 6.45) is -3.50. The molecule has 0 aliphatic carbocycles. The summed E-state index contributed by atoms with van der Waals surface area (Å²) in [5, 5.41) is -1.70. The zero-order valence-electron chi connectivity index (χ0n) is 10.3. The van der Waals surface area contributed by atoms with Gasteiger partial charge in [-0.15, -0.1) is 4.83 Å². The summed E-state index contributed by atoms with van der Waals surface area (Å²) in [6, 6.07) is 0.543. The van der Waals surface area contributed by atoms with E-state index in [0.717, 1.165) is 0 Å². The summed E-state index contributed by atoms with van der Waals surface area (Å²) in [7, 11) is -8.08. The minimum absolute atomic E-state index is 0.401. The van der Waals surface area contributed by atoms with Crippen LogP contribution in [-0.4, -0.2) is 33.2 Å². The Bertz CT molecular complexity index is 734. The van der Waals surface area contributed by atoms with Crippen molar-refractivity contribution in [2.24, 2.45) is 0 Å². The van der Waals surface area contributed by atoms with E-state index in [9.17, 15) is 30.0 Å². The summed E-state index contributed by atoms with van der Waals surface area (Å²) in [4.78, 5) is 4.95. The number of halogens is 4. The van der Waals surface area contributed by atoms with Crippen LogP contribution in [0.5, 0.6) is 0 Å². The molecule has 0 radical (unpaired) electrons. The predicted molar refractivity (Wildman–Crippen MR) is 69.6 cm³/mol. The summed E-state index contributed by atoms with van der Waals surface area (Å²) < 4.78 is 81.5. The molecule has 0 amide bonds. The standard InChI is InChI=1S/C8H9ClF3N3O4S2/c1-20(16,17)4-21(18,19)15-14-7-6(9)2-5(3-13-7)8(10,11)12/h2-3,15H,4H2,1H3,(H,13,14). The van der Waals surface area contributed by atoms with E-state index in [2.05, 4.69) is 4.98 Å². The van der Waals surface area contributed by atoms with Gasteiger partial charge in [-0.2, -0.15) is 13.2 Å². The van der Waals surface area contributed by atoms with Gasteiger partial charge in [0.25, 0.3) is 0 Å². The van der Waals surface area contributed by atoms with Gasteiger partial charge in [-0.25, -0.2) is 21.8 Å². The maximum absolute atomic E-state index is 12.4. The number of rotatable bonds is 5. The van der Waals surface area contributed by atoms with E-state index in [1.807, 2.05) is 5.43 Å². The quantitative estimate of drug-likeness (QED) is 0.752. The van der Waals surface area contributed by atoms with E-state index in [1.54, 1.807) is 4.83 Å². The van der Waals surface area contributed by atoms with Crippen LogP contribution >= 0.6 is 11.6 Å². The van der Waals surface area contributed by atoms with E-state index in [0.29, 0.717) is 18.5 Å². The molecule has 1 aromatic rings. The third-order valence-corrected chi connectivity index (χ3v) is 5.52. The molecular formula is C8H9ClF3N3O4S2. The average molecular weight is 368 g/mol. The fourth-order valence-electron chi connectivity index (χ4n) is 1.12. The molecule has 2 N–H and O–H groups in total. The van der Waals surface area contributed by atoms with E-state index >= 15 is 0 Å². The lowest BCUT2D eigenvalue weighted by Crippen LogP contribution is -2.34. The molecule has 0 aliphatic heterocycles. The Hall–Kier alpha value is -1.11. The molecule has 0 saturated carbocycles. The van der Waals surface area contributed by atoms with Crippen LogP contribution < -0.4 is 10.3 Å². The highest BCUT2D eigenvalue weighted by Crippen LogP contribution is 2.32. The number of hydrazine groups is 1. The maximum Gasteiger partial charge on any atom is 0.417 e. The molecule has 0 aliphatic rings. The lowest BCUT2D eigenvalue weighted by Gasteiger charge is -2.11. The topological polar surface area (TPSA) is 105 Å². The molecule has 120 valence electrons. The van der Waals surface area contributed by atoms with E-state index < -0.39 is 47.5 Å². The Balaban J connectivity index is 2.86. The van der Waals surface area contributed by atoms with E-state index in [-0.39, 0.29) is 0 Å². The molecule has 0 aromatic carbocycles. The van der Waals surface area contributed by atoms with Crippen molar-refractivity contribution in [1.29, 1.82) is 0 Å². The molecule has 0 bridgehead atoms. The van der Waals surface area contributed by atoms with Gasteiger partial charge in [-0.1, -0.05) is 11.6 Å². The summed E-state index contributed by atoms with van der Waals surface area (Å²) in [5.41, 5.74) is 0.828. The van der Waals surface area contributed by atoms with Gasteiger partial charge in [-0.3, -0.25) is 5.43 Å². The molecule has 0 atom stereocenters. The average Bonchev–Trinajstić information content (AvgIpc) is 2.22. The molecule has 0 spiro atoms. The highest BCUT2D eigenvalue weighted by molar-refractivity contribution is 8.06. The summed E-state index contributed by atoms with van der Waals surface area (Å²) in [5.74, 6) is -0.401. The number of hydrogen-bond acceptors (Lipinski definition) is 6. The van der Waals surface area contributed by atoms with Gasteiger partial charge in [0, 0.05) is 12.5 Å². The minimum atomic E-state index is -4.65. The van der Waals surface area contributed by atoms with Crippen LogP contribution in [0.4, 0.5) is 19.0 Å². The van der Waals surface area contributed by atoms with Gasteiger partial charge in [0.05, 0.1) is 10.6 Å². The second kappa shape index (κ2) is 5.94. The van der Waals surface area contributed by atoms with Crippen molar-refractivity contribution in [3.63, 3.8) is 0 Å². The Morgan fingerprint density at radius 3 is 2.29 bits per heavy atom. The third-order valence-electron chi connectivity index (χ3n) is 1.86. The summed E-state index contributed by atoms with van der Waals surface area (Å²) in [6.45, 7) is 0. The molecule has 1 aromatic heterocycles. The minimum Gasteiger partial charge on any atom is -0.291 e. The normalized spacial score (nSPS) is 13.2. The number of alkyl halides is 3. The van der Waals surface area contributed by atoms with Crippen molar-refractivity contribution in [3.05, 3.63) is 22.8 Å². The van der Waals surface area contributed by atoms with Crippen LogP contribution in [0.15, 0.2) is 12.3 Å². The summed E-state index contributed by atoms with van der Waals surface area (Å²) >= 11 is 5.52. The molecule has 1 heterocycles. The Kier molecular flexibility index (Phi) is 5.08. The number of anilines is 1. The van der Waals surface area contributed by atoms with Crippen LogP contribution in [0.1, 0.15) is 5.56 Å². The van der Waals surface area contributed by atoms with Gasteiger partial charge in [0.1, 0.15) is 0 Å². The number of aromatic nitrogens is 1. The largest absolute Gasteiger partial charge is 0.417 e. The zero-order valence-corrected chi connectivity index (χ0v) is 12.7. The second-order valence-corrected chi connectivity index (χ2v) is 8.57. The number of sulfone groups is 1. The van der Waals surface area contributed by atoms with Crippen molar-refractivity contribution in [3.8, 4) is 0 Å². The molecule has 0 unspecified atom stereocenters. The molecule has 0 fully saturated rings. The fraction of sp³-hybridized carbons (Fsp3) is 0.375. The third kappa shape index (κ3) is 6.03. The smallest absolute Gasteiger partial charge is 0.291 e. The molecular weight excluding hydrogens is 359 g/mol. The second-order valence-electron chi connectivity index (χ2n) is 3.94. The Labute approximate surface area is 123 Å². The van der Waals surface area contributed by atoms with Crippen molar-refractivity contribution < 1.29 is 30.0 Å². The van der Waals surface area contributed by atoms with Crippen LogP contribution in [0.25, 0.3) is 0 Å². The number of pyridine rings is 1. The molecule has 21 heavy (non-hydrogen) atoms. The lowest BCUT2D eigenvalue weighted by atomic mass is 10.3. The van der Waals surface area contributed by atoms with E-state index in [1.165, 1.54) is 0 Å². The zero-order chi connectivity index (χ0) is 16.5. The fourth-order valence-corrected chi connectivity index (χ4v) is 4.08. The molecule has 1 rings (SSSR count). The Morgan fingerprint density at radius 2 is 1.86 bits per heavy atom. The van der Waals surface area contributed by atoms with Crippen molar-refractivity contribution in [2.45, 2.75) is 6.18 Å². The molecule has 7 nitrogen and oxygen atoms in total. The SMILES string of the molecule is CS(=O)(=O)CS(=O)(=O)NNc1ncc(C(F)(F)F)cc1Cl. The highest BCUT2D eigenvalue weighted by atomic mass is 35.5. The number of nitrogens with one attached hydrogen (secondary N) is 2. The van der Waals surface area contributed by atoms with Crippen LogP contribution in [0.2, 0.25) is 5.02 Å². The first-order valence-electron chi connectivity index (χ1n) is 4.96. The van der Waals surface area contributed by atoms with Gasteiger partial charge in [0.15, 0.2) is 20.7 Å².